The SMILES string of the molecule is CC#CC#CC#CC#CC#CC#CC#CC(=O)OC[C@H](COP(=O)(O)OC1C(O)[C@H](O)[C@H](O)C(OP(=O)(O)O)[C@@H]1O)OC(=O)CCCCCCCCCCCCCCC. The van der Waals surface area contributed by atoms with E-state index in [0.717, 1.165) is 32.1 Å². The normalized spacial score (nSPS) is 20.6. The molecule has 0 aliphatic heterocycles. The third kappa shape index (κ3) is 25.9. The van der Waals surface area contributed by atoms with E-state index in [1.165, 1.54) is 44.9 Å². The molecule has 0 bridgehead atoms. The Bertz CT molecular complexity index is 1880. The third-order valence-electron chi connectivity index (χ3n) is 8.14. The van der Waals surface area contributed by atoms with Gasteiger partial charge in [-0.15, -0.1) is 0 Å². The van der Waals surface area contributed by atoms with Gasteiger partial charge in [0.2, 0.25) is 0 Å². The Morgan fingerprint density at radius 3 is 1.49 bits per heavy atom. The summed E-state index contributed by atoms with van der Waals surface area (Å²) >= 11 is 0. The molecule has 1 fully saturated rings. The average molecular weight is 863 g/mol. The number of phosphoric ester groups is 2. The molecule has 322 valence electrons. The van der Waals surface area contributed by atoms with Crippen LogP contribution in [0.5, 0.6) is 0 Å². The second-order valence-corrected chi connectivity index (χ2v) is 15.5. The monoisotopic (exact) mass is 862 g/mol. The van der Waals surface area contributed by atoms with Crippen LogP contribution in [0.4, 0.5) is 0 Å². The van der Waals surface area contributed by atoms with E-state index in [4.69, 9.17) is 28.3 Å². The van der Waals surface area contributed by atoms with Crippen molar-refractivity contribution in [3.05, 3.63) is 0 Å². The van der Waals surface area contributed by atoms with E-state index in [1.807, 2.05) is 0 Å². The van der Waals surface area contributed by atoms with E-state index in [2.05, 4.69) is 94.3 Å². The molecule has 0 aromatic rings. The number of hydrogen-bond donors (Lipinski definition) is 7. The molecule has 0 radical (unpaired) electrons. The van der Waals surface area contributed by atoms with Crippen LogP contribution in [0.15, 0.2) is 0 Å². The largest absolute Gasteiger partial charge is 0.472 e. The van der Waals surface area contributed by atoms with Gasteiger partial charge in [-0.2, -0.15) is 0 Å². The van der Waals surface area contributed by atoms with Crippen LogP contribution in [0, 0.1) is 82.9 Å². The average Bonchev–Trinajstić information content (AvgIpc) is 3.18. The molecule has 0 heterocycles. The van der Waals surface area contributed by atoms with Crippen LogP contribution in [0.25, 0.3) is 0 Å². The predicted molar refractivity (Wildman–Crippen MR) is 213 cm³/mol. The molecule has 0 aromatic heterocycles. The number of hydrogen-bond acceptors (Lipinski definition) is 13. The molecule has 0 saturated heterocycles. The second kappa shape index (κ2) is 30.9. The Balaban J connectivity index is 2.84. The number of unbranched alkanes of at least 4 members (excludes halogenated alkanes) is 12. The van der Waals surface area contributed by atoms with E-state index in [0.29, 0.717) is 6.42 Å². The van der Waals surface area contributed by atoms with Gasteiger partial charge in [0.05, 0.1) is 6.61 Å². The van der Waals surface area contributed by atoms with Gasteiger partial charge in [0, 0.05) is 12.3 Å². The van der Waals surface area contributed by atoms with Gasteiger partial charge in [-0.05, 0) is 84.4 Å². The van der Waals surface area contributed by atoms with E-state index in [9.17, 15) is 44.0 Å². The van der Waals surface area contributed by atoms with Crippen molar-refractivity contribution in [2.45, 2.75) is 146 Å². The molecule has 1 rings (SSSR count). The van der Waals surface area contributed by atoms with Crippen LogP contribution in [0.1, 0.15) is 104 Å². The van der Waals surface area contributed by atoms with Gasteiger partial charge in [0.25, 0.3) is 0 Å². The molecule has 0 amide bonds. The zero-order chi connectivity index (χ0) is 43.9. The highest BCUT2D eigenvalue weighted by atomic mass is 31.2. The van der Waals surface area contributed by atoms with Crippen molar-refractivity contribution in [2.24, 2.45) is 0 Å². The molecule has 1 aliphatic rings. The first-order chi connectivity index (χ1) is 28.1. The lowest BCUT2D eigenvalue weighted by Crippen LogP contribution is -2.64. The quantitative estimate of drug-likeness (QED) is 0.0242. The molecule has 0 spiro atoms. The maximum Gasteiger partial charge on any atom is 0.472 e. The maximum atomic E-state index is 12.9. The number of esters is 2. The molecule has 7 N–H and O–H groups in total. The zero-order valence-electron chi connectivity index (χ0n) is 33.1. The van der Waals surface area contributed by atoms with Crippen molar-refractivity contribution in [3.63, 3.8) is 0 Å². The van der Waals surface area contributed by atoms with Crippen molar-refractivity contribution < 1.29 is 76.9 Å². The highest BCUT2D eigenvalue weighted by molar-refractivity contribution is 7.47. The molecule has 1 saturated carbocycles. The molecule has 0 aromatic carbocycles. The van der Waals surface area contributed by atoms with Crippen LogP contribution >= 0.6 is 15.6 Å². The third-order valence-corrected chi connectivity index (χ3v) is 9.65. The minimum Gasteiger partial charge on any atom is -0.456 e. The fourth-order valence-corrected chi connectivity index (χ4v) is 6.80. The van der Waals surface area contributed by atoms with Gasteiger partial charge in [-0.25, -0.2) is 13.9 Å². The first kappa shape index (κ1) is 52.9. The Morgan fingerprint density at radius 2 is 1.02 bits per heavy atom. The molecule has 59 heavy (non-hydrogen) atoms. The van der Waals surface area contributed by atoms with Gasteiger partial charge < -0.3 is 44.6 Å². The Kier molecular flexibility index (Phi) is 27.7. The van der Waals surface area contributed by atoms with Crippen molar-refractivity contribution in [1.29, 1.82) is 0 Å². The molecule has 1 aliphatic carbocycles. The van der Waals surface area contributed by atoms with Crippen molar-refractivity contribution in [1.82, 2.24) is 0 Å². The highest BCUT2D eigenvalue weighted by Gasteiger charge is 2.54. The standard InChI is InChI=1S/C41H52O16P2/c1-3-5-7-9-11-13-15-17-19-21-23-25-27-29-34(42)53-31-33(55-35(43)30-28-26-24-22-20-18-16-14-12-10-8-6-4-2)32-54-59(51,52)57-41-38(46)36(44)37(45)40(39(41)47)56-58(48,49)50/h33,36-41,44-47H,4,6,8,10,12,14,16,18,20,22,24,26,28,30-32H2,1-2H3,(H,51,52)(H2,48,49,50)/t33-,36-,37+,38?,39+,40?,41?/m1/s1. The summed E-state index contributed by atoms with van der Waals surface area (Å²) in [6.07, 6.45) is -1.12. The summed E-state index contributed by atoms with van der Waals surface area (Å²) in [4.78, 5) is 53.5. The molecule has 16 nitrogen and oxygen atoms in total. The lowest BCUT2D eigenvalue weighted by Gasteiger charge is -2.43. The van der Waals surface area contributed by atoms with Gasteiger partial charge in [-0.3, -0.25) is 18.4 Å². The summed E-state index contributed by atoms with van der Waals surface area (Å²) in [5.74, 6) is 31.5. The zero-order valence-corrected chi connectivity index (χ0v) is 34.8. The van der Waals surface area contributed by atoms with Crippen molar-refractivity contribution in [2.75, 3.05) is 13.2 Å². The fraction of sp³-hybridized carbons (Fsp3) is 0.610. The number of aliphatic hydroxyl groups is 4. The van der Waals surface area contributed by atoms with Gasteiger partial charge in [-0.1, -0.05) is 89.9 Å². The van der Waals surface area contributed by atoms with E-state index < -0.39 is 83.5 Å². The van der Waals surface area contributed by atoms with Crippen molar-refractivity contribution in [3.8, 4) is 82.9 Å². The fourth-order valence-electron chi connectivity index (χ4n) is 5.26. The summed E-state index contributed by atoms with van der Waals surface area (Å²) in [7, 11) is -10.8. The molecule has 8 atom stereocenters. The van der Waals surface area contributed by atoms with E-state index >= 15 is 0 Å². The Hall–Kier alpha value is -4.08. The smallest absolute Gasteiger partial charge is 0.456 e. The summed E-state index contributed by atoms with van der Waals surface area (Å²) < 4.78 is 48.5. The van der Waals surface area contributed by atoms with Gasteiger partial charge >= 0.3 is 27.6 Å². The molecule has 4 unspecified atom stereocenters. The summed E-state index contributed by atoms with van der Waals surface area (Å²) in [5, 5.41) is 41.0. The van der Waals surface area contributed by atoms with Gasteiger partial charge in [0.1, 0.15) is 43.2 Å². The number of ether oxygens (including phenoxy) is 2. The van der Waals surface area contributed by atoms with E-state index in [1.54, 1.807) is 6.92 Å². The minimum atomic E-state index is -5.39. The summed E-state index contributed by atoms with van der Waals surface area (Å²) in [5.41, 5.74) is 0. The van der Waals surface area contributed by atoms with Crippen LogP contribution in [-0.4, -0.2) is 103 Å². The predicted octanol–water partition coefficient (Wildman–Crippen LogP) is 2.40. The van der Waals surface area contributed by atoms with Crippen LogP contribution < -0.4 is 0 Å². The topological polar surface area (TPSA) is 256 Å². The lowest BCUT2D eigenvalue weighted by atomic mass is 9.85. The lowest BCUT2D eigenvalue weighted by molar-refractivity contribution is -0.216. The van der Waals surface area contributed by atoms with Crippen LogP contribution in [0.2, 0.25) is 0 Å². The first-order valence-corrected chi connectivity index (χ1v) is 22.0. The number of aliphatic hydroxyl groups excluding tert-OH is 4. The minimum absolute atomic E-state index is 0.0350. The molecular formula is C41H52O16P2. The van der Waals surface area contributed by atoms with E-state index in [-0.39, 0.29) is 6.42 Å². The Morgan fingerprint density at radius 1 is 0.576 bits per heavy atom. The van der Waals surface area contributed by atoms with Crippen LogP contribution in [-0.2, 0) is 41.8 Å². The summed E-state index contributed by atoms with van der Waals surface area (Å²) in [6.45, 7) is 2.15. The first-order valence-electron chi connectivity index (χ1n) is 19.0. The highest BCUT2D eigenvalue weighted by Crippen LogP contribution is 2.49. The summed E-state index contributed by atoms with van der Waals surface area (Å²) in [6, 6.07) is 0. The number of carbonyl (C=O) groups excluding carboxylic acids is 2. The number of rotatable bonds is 24. The number of carbonyl (C=O) groups is 2. The van der Waals surface area contributed by atoms with Crippen LogP contribution in [0.3, 0.4) is 0 Å². The second-order valence-electron chi connectivity index (χ2n) is 12.9. The molecular weight excluding hydrogens is 810 g/mol. The Labute approximate surface area is 346 Å². The molecule has 18 heteroatoms. The maximum absolute atomic E-state index is 12.9. The number of phosphoric acid groups is 2. The van der Waals surface area contributed by atoms with Crippen molar-refractivity contribution >= 4 is 27.6 Å². The van der Waals surface area contributed by atoms with Gasteiger partial charge in [0.15, 0.2) is 6.10 Å².